The lowest BCUT2D eigenvalue weighted by atomic mass is 10.3. The van der Waals surface area contributed by atoms with Crippen molar-refractivity contribution in [2.45, 2.75) is 20.3 Å². The molecule has 0 aromatic carbocycles. The average molecular weight is 200 g/mol. The van der Waals surface area contributed by atoms with Gasteiger partial charge in [-0.05, 0) is 13.8 Å². The molecular formula is C9H12O5. The van der Waals surface area contributed by atoms with Gasteiger partial charge in [-0.15, -0.1) is 0 Å². The first-order chi connectivity index (χ1) is 6.43. The van der Waals surface area contributed by atoms with Gasteiger partial charge in [-0.25, -0.2) is 4.79 Å². The van der Waals surface area contributed by atoms with Crippen molar-refractivity contribution in [3.63, 3.8) is 0 Å². The predicted octanol–water partition coefficient (Wildman–Crippen LogP) is 0.585. The van der Waals surface area contributed by atoms with Crippen molar-refractivity contribution in [3.8, 4) is 0 Å². The van der Waals surface area contributed by atoms with E-state index in [1.54, 1.807) is 0 Å². The molecule has 0 spiro atoms. The van der Waals surface area contributed by atoms with E-state index in [1.807, 2.05) is 0 Å². The van der Waals surface area contributed by atoms with E-state index in [4.69, 9.17) is 0 Å². The van der Waals surface area contributed by atoms with Gasteiger partial charge >= 0.3 is 11.9 Å². The van der Waals surface area contributed by atoms with Gasteiger partial charge in [0.05, 0.1) is 0 Å². The van der Waals surface area contributed by atoms with Crippen LogP contribution in [0.4, 0.5) is 0 Å². The van der Waals surface area contributed by atoms with Gasteiger partial charge in [-0.1, -0.05) is 6.58 Å². The summed E-state index contributed by atoms with van der Waals surface area (Å²) in [5.41, 5.74) is 0.215. The lowest BCUT2D eigenvalue weighted by Crippen LogP contribution is -2.14. The largest absolute Gasteiger partial charge is 0.428 e. The average Bonchev–Trinajstić information content (AvgIpc) is 2.02. The van der Waals surface area contributed by atoms with Gasteiger partial charge in [-0.2, -0.15) is 0 Å². The lowest BCUT2D eigenvalue weighted by molar-refractivity contribution is -0.164. The Balaban J connectivity index is 3.64. The second-order valence-corrected chi connectivity index (χ2v) is 2.73. The van der Waals surface area contributed by atoms with Crippen molar-refractivity contribution < 1.29 is 23.9 Å². The van der Waals surface area contributed by atoms with E-state index in [0.29, 0.717) is 0 Å². The highest BCUT2D eigenvalue weighted by atomic mass is 16.7. The molecule has 5 heteroatoms. The van der Waals surface area contributed by atoms with Gasteiger partial charge in [-0.3, -0.25) is 9.59 Å². The van der Waals surface area contributed by atoms with Gasteiger partial charge in [0.2, 0.25) is 6.79 Å². The highest BCUT2D eigenvalue weighted by Crippen LogP contribution is 1.94. The quantitative estimate of drug-likeness (QED) is 0.281. The molecule has 0 aliphatic rings. The van der Waals surface area contributed by atoms with Crippen LogP contribution in [0.5, 0.6) is 0 Å². The molecular weight excluding hydrogens is 188 g/mol. The van der Waals surface area contributed by atoms with Crippen LogP contribution in [0.1, 0.15) is 20.3 Å². The molecule has 0 heterocycles. The number of Topliss-reactive ketones (excluding diaryl/α,β-unsaturated/α-hetero) is 1. The number of hydrogen-bond donors (Lipinski definition) is 0. The summed E-state index contributed by atoms with van der Waals surface area (Å²) in [4.78, 5) is 32.0. The summed E-state index contributed by atoms with van der Waals surface area (Å²) in [5, 5.41) is 0. The molecule has 0 bridgehead atoms. The molecule has 0 aliphatic heterocycles. The van der Waals surface area contributed by atoms with E-state index in [1.165, 1.54) is 13.8 Å². The van der Waals surface area contributed by atoms with E-state index < -0.39 is 18.7 Å². The van der Waals surface area contributed by atoms with Crippen LogP contribution in [-0.2, 0) is 23.9 Å². The summed E-state index contributed by atoms with van der Waals surface area (Å²) in [6.07, 6.45) is -0.315. The molecule has 0 fully saturated rings. The van der Waals surface area contributed by atoms with Gasteiger partial charge in [0.1, 0.15) is 12.2 Å². The second-order valence-electron chi connectivity index (χ2n) is 2.73. The number of ether oxygens (including phenoxy) is 2. The molecule has 0 atom stereocenters. The minimum atomic E-state index is -0.716. The third-order valence-corrected chi connectivity index (χ3v) is 1.15. The zero-order valence-corrected chi connectivity index (χ0v) is 8.16. The Hall–Kier alpha value is -1.65. The van der Waals surface area contributed by atoms with Gasteiger partial charge < -0.3 is 9.47 Å². The minimum Gasteiger partial charge on any atom is -0.428 e. The fourth-order valence-corrected chi connectivity index (χ4v) is 0.526. The van der Waals surface area contributed by atoms with E-state index in [-0.39, 0.29) is 17.8 Å². The summed E-state index contributed by atoms with van der Waals surface area (Å²) < 4.78 is 8.89. The molecule has 14 heavy (non-hydrogen) atoms. The summed E-state index contributed by atoms with van der Waals surface area (Å²) in [7, 11) is 0. The third kappa shape index (κ3) is 5.93. The summed E-state index contributed by atoms with van der Waals surface area (Å²) >= 11 is 0. The number of esters is 2. The Morgan fingerprint density at radius 2 is 1.71 bits per heavy atom. The standard InChI is InChI=1S/C9H12O5/c1-6(2)9(12)14-5-13-8(11)4-7(3)10/h1,4-5H2,2-3H3. The number of hydrogen-bond acceptors (Lipinski definition) is 5. The first-order valence-electron chi connectivity index (χ1n) is 3.91. The van der Waals surface area contributed by atoms with Gasteiger partial charge in [0, 0.05) is 5.57 Å². The Morgan fingerprint density at radius 1 is 1.14 bits per heavy atom. The van der Waals surface area contributed by atoms with Gasteiger partial charge in [0.15, 0.2) is 0 Å². The zero-order chi connectivity index (χ0) is 11.1. The predicted molar refractivity (Wildman–Crippen MR) is 47.2 cm³/mol. The van der Waals surface area contributed by atoms with Crippen molar-refractivity contribution in [2.24, 2.45) is 0 Å². The van der Waals surface area contributed by atoms with Crippen LogP contribution in [0.15, 0.2) is 12.2 Å². The van der Waals surface area contributed by atoms with Crippen LogP contribution in [0.25, 0.3) is 0 Å². The highest BCUT2D eigenvalue weighted by molar-refractivity contribution is 5.94. The minimum absolute atomic E-state index is 0.215. The molecule has 0 unspecified atom stereocenters. The van der Waals surface area contributed by atoms with Crippen molar-refractivity contribution in [1.82, 2.24) is 0 Å². The highest BCUT2D eigenvalue weighted by Gasteiger charge is 2.08. The van der Waals surface area contributed by atoms with Crippen LogP contribution in [0.2, 0.25) is 0 Å². The Labute approximate surface area is 81.7 Å². The maximum absolute atomic E-state index is 10.8. The van der Waals surface area contributed by atoms with Crippen LogP contribution < -0.4 is 0 Å². The topological polar surface area (TPSA) is 69.7 Å². The molecule has 0 saturated carbocycles. The van der Waals surface area contributed by atoms with Crippen molar-refractivity contribution in [2.75, 3.05) is 6.79 Å². The first-order valence-corrected chi connectivity index (χ1v) is 3.91. The first kappa shape index (κ1) is 12.3. The third-order valence-electron chi connectivity index (χ3n) is 1.15. The van der Waals surface area contributed by atoms with Crippen LogP contribution in [0.3, 0.4) is 0 Å². The maximum atomic E-state index is 10.8. The maximum Gasteiger partial charge on any atom is 0.335 e. The molecule has 0 aliphatic carbocycles. The van der Waals surface area contributed by atoms with E-state index >= 15 is 0 Å². The zero-order valence-electron chi connectivity index (χ0n) is 8.16. The number of carbonyl (C=O) groups excluding carboxylic acids is 3. The Bertz CT molecular complexity index is 266. The van der Waals surface area contributed by atoms with Crippen molar-refractivity contribution in [1.29, 1.82) is 0 Å². The van der Waals surface area contributed by atoms with E-state index in [0.717, 1.165) is 0 Å². The van der Waals surface area contributed by atoms with Gasteiger partial charge in [0.25, 0.3) is 0 Å². The molecule has 0 N–H and O–H groups in total. The van der Waals surface area contributed by atoms with Crippen molar-refractivity contribution in [3.05, 3.63) is 12.2 Å². The fourth-order valence-electron chi connectivity index (χ4n) is 0.526. The summed E-state index contributed by atoms with van der Waals surface area (Å²) in [5.74, 6) is -1.66. The number of rotatable bonds is 5. The summed E-state index contributed by atoms with van der Waals surface area (Å²) in [6.45, 7) is 5.58. The van der Waals surface area contributed by atoms with E-state index in [9.17, 15) is 14.4 Å². The molecule has 5 nitrogen and oxygen atoms in total. The molecule has 0 aromatic rings. The molecule has 0 aromatic heterocycles. The Morgan fingerprint density at radius 3 is 2.14 bits per heavy atom. The van der Waals surface area contributed by atoms with E-state index in [2.05, 4.69) is 16.1 Å². The smallest absolute Gasteiger partial charge is 0.335 e. The molecule has 0 rings (SSSR count). The molecule has 78 valence electrons. The number of carbonyl (C=O) groups is 3. The number of ketones is 1. The fraction of sp³-hybridized carbons (Fsp3) is 0.444. The van der Waals surface area contributed by atoms with Crippen LogP contribution >= 0.6 is 0 Å². The molecule has 0 amide bonds. The summed E-state index contributed by atoms with van der Waals surface area (Å²) in [6, 6.07) is 0. The van der Waals surface area contributed by atoms with Crippen LogP contribution in [-0.4, -0.2) is 24.5 Å². The lowest BCUT2D eigenvalue weighted by Gasteiger charge is -2.04. The molecule has 0 saturated heterocycles. The SMILES string of the molecule is C=C(C)C(=O)OCOC(=O)CC(C)=O. The Kier molecular flexibility index (Phi) is 5.21. The second kappa shape index (κ2) is 5.90. The molecule has 0 radical (unpaired) electrons. The van der Waals surface area contributed by atoms with Crippen molar-refractivity contribution >= 4 is 17.7 Å². The van der Waals surface area contributed by atoms with Crippen LogP contribution in [0, 0.1) is 0 Å². The monoisotopic (exact) mass is 200 g/mol. The normalized spacial score (nSPS) is 9.00.